The van der Waals surface area contributed by atoms with Crippen LogP contribution in [0.5, 0.6) is 0 Å². The standard InChI is InChI=1S/C13H16F2N2O3/c14-9-7-11(15)13(17(18)19)12(8-9)16-5-6-20-10-3-1-2-4-10/h7-8,10,16H,1-6H2. The summed E-state index contributed by atoms with van der Waals surface area (Å²) in [5, 5.41) is 13.4. The van der Waals surface area contributed by atoms with Crippen molar-refractivity contribution < 1.29 is 18.4 Å². The van der Waals surface area contributed by atoms with Crippen molar-refractivity contribution in [1.82, 2.24) is 0 Å². The highest BCUT2D eigenvalue weighted by molar-refractivity contribution is 5.62. The average molecular weight is 286 g/mol. The van der Waals surface area contributed by atoms with Crippen LogP contribution in [0.4, 0.5) is 20.2 Å². The molecule has 0 bridgehead atoms. The summed E-state index contributed by atoms with van der Waals surface area (Å²) in [6, 6.07) is 1.41. The minimum atomic E-state index is -1.19. The lowest BCUT2D eigenvalue weighted by Gasteiger charge is -2.12. The van der Waals surface area contributed by atoms with Crippen molar-refractivity contribution in [2.45, 2.75) is 31.8 Å². The molecule has 0 atom stereocenters. The first-order valence-electron chi connectivity index (χ1n) is 6.57. The molecule has 0 spiro atoms. The Hall–Kier alpha value is -1.76. The normalized spacial score (nSPS) is 15.5. The third-order valence-electron chi connectivity index (χ3n) is 3.28. The number of nitro benzene ring substituents is 1. The Morgan fingerprint density at radius 2 is 2.05 bits per heavy atom. The molecule has 1 saturated carbocycles. The second-order valence-corrected chi connectivity index (χ2v) is 4.74. The number of hydrogen-bond donors (Lipinski definition) is 1. The third-order valence-corrected chi connectivity index (χ3v) is 3.28. The molecule has 2 rings (SSSR count). The molecule has 0 heterocycles. The summed E-state index contributed by atoms with van der Waals surface area (Å²) in [4.78, 5) is 9.90. The highest BCUT2D eigenvalue weighted by Gasteiger charge is 2.22. The number of nitrogens with zero attached hydrogens (tertiary/aromatic N) is 1. The molecule has 0 amide bonds. The fourth-order valence-corrected chi connectivity index (χ4v) is 2.35. The zero-order valence-corrected chi connectivity index (χ0v) is 10.9. The summed E-state index contributed by atoms with van der Waals surface area (Å²) in [7, 11) is 0. The van der Waals surface area contributed by atoms with Crippen LogP contribution in [-0.4, -0.2) is 24.2 Å². The second kappa shape index (κ2) is 6.60. The molecule has 20 heavy (non-hydrogen) atoms. The zero-order chi connectivity index (χ0) is 14.5. The average Bonchev–Trinajstić information content (AvgIpc) is 2.86. The van der Waals surface area contributed by atoms with Crippen LogP contribution in [0, 0.1) is 21.7 Å². The fourth-order valence-electron chi connectivity index (χ4n) is 2.35. The molecule has 1 aliphatic carbocycles. The third kappa shape index (κ3) is 3.63. The molecule has 1 aromatic rings. The monoisotopic (exact) mass is 286 g/mol. The maximum Gasteiger partial charge on any atom is 0.327 e. The van der Waals surface area contributed by atoms with Crippen LogP contribution in [0.15, 0.2) is 12.1 Å². The highest BCUT2D eigenvalue weighted by Crippen LogP contribution is 2.28. The molecule has 0 aromatic heterocycles. The van der Waals surface area contributed by atoms with E-state index < -0.39 is 22.2 Å². The van der Waals surface area contributed by atoms with Gasteiger partial charge in [0, 0.05) is 18.7 Å². The van der Waals surface area contributed by atoms with Crippen molar-refractivity contribution in [2.24, 2.45) is 0 Å². The van der Waals surface area contributed by atoms with Gasteiger partial charge in [-0.25, -0.2) is 4.39 Å². The molecular weight excluding hydrogens is 270 g/mol. The van der Waals surface area contributed by atoms with E-state index in [1.165, 1.54) is 0 Å². The number of hydrogen-bond acceptors (Lipinski definition) is 4. The van der Waals surface area contributed by atoms with Gasteiger partial charge in [0.2, 0.25) is 5.82 Å². The van der Waals surface area contributed by atoms with E-state index in [-0.39, 0.29) is 18.3 Å². The minimum absolute atomic E-state index is 0.164. The van der Waals surface area contributed by atoms with Crippen molar-refractivity contribution in [1.29, 1.82) is 0 Å². The Kier molecular flexibility index (Phi) is 4.84. The topological polar surface area (TPSA) is 64.4 Å². The molecule has 0 unspecified atom stereocenters. The molecule has 1 N–H and O–H groups in total. The molecule has 1 aromatic carbocycles. The number of halogens is 2. The van der Waals surface area contributed by atoms with Gasteiger partial charge in [0.05, 0.1) is 17.6 Å². The predicted octanol–water partition coefficient (Wildman–Crippen LogP) is 3.24. The summed E-state index contributed by atoms with van der Waals surface area (Å²) in [6.07, 6.45) is 4.58. The minimum Gasteiger partial charge on any atom is -0.377 e. The summed E-state index contributed by atoms with van der Waals surface area (Å²) in [5.41, 5.74) is -0.908. The molecule has 0 saturated heterocycles. The molecule has 110 valence electrons. The maximum atomic E-state index is 13.4. The second-order valence-electron chi connectivity index (χ2n) is 4.74. The number of rotatable bonds is 6. The van der Waals surface area contributed by atoms with E-state index in [4.69, 9.17) is 4.74 Å². The van der Waals surface area contributed by atoms with Crippen molar-refractivity contribution in [3.63, 3.8) is 0 Å². The van der Waals surface area contributed by atoms with Gasteiger partial charge in [-0.05, 0) is 12.8 Å². The van der Waals surface area contributed by atoms with Gasteiger partial charge in [0.15, 0.2) is 0 Å². The van der Waals surface area contributed by atoms with Crippen LogP contribution in [0.2, 0.25) is 0 Å². The smallest absolute Gasteiger partial charge is 0.327 e. The number of nitro groups is 1. The summed E-state index contributed by atoms with van der Waals surface area (Å²) in [5.74, 6) is -2.04. The van der Waals surface area contributed by atoms with E-state index in [9.17, 15) is 18.9 Å². The van der Waals surface area contributed by atoms with Gasteiger partial charge in [0.1, 0.15) is 11.5 Å². The van der Waals surface area contributed by atoms with Crippen molar-refractivity contribution in [3.05, 3.63) is 33.9 Å². The lowest BCUT2D eigenvalue weighted by molar-refractivity contribution is -0.386. The summed E-state index contributed by atoms with van der Waals surface area (Å²) in [6.45, 7) is 0.611. The van der Waals surface area contributed by atoms with E-state index in [2.05, 4.69) is 5.32 Å². The number of anilines is 1. The zero-order valence-electron chi connectivity index (χ0n) is 10.9. The van der Waals surface area contributed by atoms with Crippen LogP contribution >= 0.6 is 0 Å². The largest absolute Gasteiger partial charge is 0.377 e. The highest BCUT2D eigenvalue weighted by atomic mass is 19.1. The van der Waals surface area contributed by atoms with Gasteiger partial charge in [-0.1, -0.05) is 12.8 Å². The van der Waals surface area contributed by atoms with E-state index in [1.54, 1.807) is 0 Å². The molecule has 1 aliphatic rings. The predicted molar refractivity (Wildman–Crippen MR) is 69.7 cm³/mol. The summed E-state index contributed by atoms with van der Waals surface area (Å²) >= 11 is 0. The maximum absolute atomic E-state index is 13.4. The first-order chi connectivity index (χ1) is 9.58. The van der Waals surface area contributed by atoms with Crippen molar-refractivity contribution in [2.75, 3.05) is 18.5 Å². The number of ether oxygens (including phenoxy) is 1. The fraction of sp³-hybridized carbons (Fsp3) is 0.538. The van der Waals surface area contributed by atoms with Crippen LogP contribution in [0.1, 0.15) is 25.7 Å². The van der Waals surface area contributed by atoms with E-state index >= 15 is 0 Å². The Morgan fingerprint density at radius 1 is 1.35 bits per heavy atom. The lowest BCUT2D eigenvalue weighted by Crippen LogP contribution is -2.16. The Balaban J connectivity index is 1.92. The number of nitrogens with one attached hydrogen (secondary N) is 1. The van der Waals surface area contributed by atoms with Gasteiger partial charge >= 0.3 is 5.69 Å². The first-order valence-corrected chi connectivity index (χ1v) is 6.57. The molecule has 1 fully saturated rings. The van der Waals surface area contributed by atoms with Crippen LogP contribution in [0.25, 0.3) is 0 Å². The van der Waals surface area contributed by atoms with Gasteiger partial charge < -0.3 is 10.1 Å². The van der Waals surface area contributed by atoms with Crippen LogP contribution in [0.3, 0.4) is 0 Å². The van der Waals surface area contributed by atoms with Crippen molar-refractivity contribution in [3.8, 4) is 0 Å². The van der Waals surface area contributed by atoms with Crippen LogP contribution in [-0.2, 0) is 4.74 Å². The van der Waals surface area contributed by atoms with Gasteiger partial charge in [-0.2, -0.15) is 4.39 Å². The van der Waals surface area contributed by atoms with E-state index in [1.807, 2.05) is 0 Å². The molecule has 0 aliphatic heterocycles. The van der Waals surface area contributed by atoms with Crippen LogP contribution < -0.4 is 5.32 Å². The quantitative estimate of drug-likeness (QED) is 0.495. The molecule has 0 radical (unpaired) electrons. The van der Waals surface area contributed by atoms with Crippen molar-refractivity contribution >= 4 is 11.4 Å². The Bertz CT molecular complexity index is 491. The Morgan fingerprint density at radius 3 is 2.70 bits per heavy atom. The SMILES string of the molecule is O=[N+]([O-])c1c(F)cc(F)cc1NCCOC1CCCC1. The molecule has 5 nitrogen and oxygen atoms in total. The Labute approximate surface area is 115 Å². The van der Waals surface area contributed by atoms with Gasteiger partial charge in [0.25, 0.3) is 0 Å². The summed E-state index contributed by atoms with van der Waals surface area (Å²) < 4.78 is 32.0. The van der Waals surface area contributed by atoms with Gasteiger partial charge in [-0.3, -0.25) is 10.1 Å². The van der Waals surface area contributed by atoms with Gasteiger partial charge in [-0.15, -0.1) is 0 Å². The molecular formula is C13H16F2N2O3. The lowest BCUT2D eigenvalue weighted by atomic mass is 10.2. The van der Waals surface area contributed by atoms with E-state index in [0.717, 1.165) is 31.7 Å². The number of benzene rings is 1. The molecule has 7 heteroatoms. The first kappa shape index (κ1) is 14.6. The van der Waals surface area contributed by atoms with E-state index in [0.29, 0.717) is 12.7 Å².